The standard InChI is InChI=1S/C12H14N2S/c1-9-2-3-10(7-13)6-12(9)14-11-4-5-15-8-11/h2-3,6,11,14H,4-5,8H2,1H3. The predicted molar refractivity (Wildman–Crippen MR) is 65.2 cm³/mol. The van der Waals surface area contributed by atoms with Gasteiger partial charge in [0.2, 0.25) is 0 Å². The molecule has 1 saturated heterocycles. The number of nitrogens with zero attached hydrogens (tertiary/aromatic N) is 1. The predicted octanol–water partition coefficient (Wildman–Crippen LogP) is 2.78. The summed E-state index contributed by atoms with van der Waals surface area (Å²) in [6, 6.07) is 8.56. The molecule has 0 spiro atoms. The van der Waals surface area contributed by atoms with Crippen LogP contribution in [0.4, 0.5) is 5.69 Å². The zero-order valence-corrected chi connectivity index (χ0v) is 9.60. The molecule has 1 fully saturated rings. The molecule has 0 amide bonds. The van der Waals surface area contributed by atoms with Crippen LogP contribution in [0.5, 0.6) is 0 Å². The van der Waals surface area contributed by atoms with Crippen LogP contribution in [0.2, 0.25) is 0 Å². The van der Waals surface area contributed by atoms with Crippen LogP contribution in [0.3, 0.4) is 0 Å². The minimum absolute atomic E-state index is 0.572. The Morgan fingerprint density at radius 1 is 1.53 bits per heavy atom. The first-order valence-electron chi connectivity index (χ1n) is 5.14. The lowest BCUT2D eigenvalue weighted by Gasteiger charge is -2.15. The lowest BCUT2D eigenvalue weighted by Crippen LogP contribution is -2.18. The monoisotopic (exact) mass is 218 g/mol. The van der Waals surface area contributed by atoms with E-state index in [1.807, 2.05) is 30.0 Å². The summed E-state index contributed by atoms with van der Waals surface area (Å²) in [6.07, 6.45) is 1.22. The average molecular weight is 218 g/mol. The molecule has 15 heavy (non-hydrogen) atoms. The summed E-state index contributed by atoms with van der Waals surface area (Å²) < 4.78 is 0. The van der Waals surface area contributed by atoms with Gasteiger partial charge in [0, 0.05) is 17.5 Å². The van der Waals surface area contributed by atoms with E-state index in [4.69, 9.17) is 5.26 Å². The molecule has 1 heterocycles. The van der Waals surface area contributed by atoms with Crippen LogP contribution in [-0.4, -0.2) is 17.5 Å². The first kappa shape index (κ1) is 10.4. The summed E-state index contributed by atoms with van der Waals surface area (Å²) in [7, 11) is 0. The molecule has 0 aliphatic carbocycles. The molecule has 0 aromatic heterocycles. The van der Waals surface area contributed by atoms with Crippen molar-refractivity contribution >= 4 is 17.4 Å². The molecule has 0 saturated carbocycles. The Balaban J connectivity index is 2.15. The smallest absolute Gasteiger partial charge is 0.0992 e. The molecule has 0 bridgehead atoms. The van der Waals surface area contributed by atoms with Crippen molar-refractivity contribution in [2.45, 2.75) is 19.4 Å². The Labute approximate surface area is 94.7 Å². The molecule has 78 valence electrons. The van der Waals surface area contributed by atoms with Crippen molar-refractivity contribution in [2.75, 3.05) is 16.8 Å². The van der Waals surface area contributed by atoms with E-state index in [-0.39, 0.29) is 0 Å². The Kier molecular flexibility index (Phi) is 3.17. The summed E-state index contributed by atoms with van der Waals surface area (Å²) in [5.41, 5.74) is 3.06. The SMILES string of the molecule is Cc1ccc(C#N)cc1NC1CCSC1. The third-order valence-electron chi connectivity index (χ3n) is 2.66. The van der Waals surface area contributed by atoms with Gasteiger partial charge in [-0.1, -0.05) is 6.07 Å². The molecule has 2 nitrogen and oxygen atoms in total. The van der Waals surface area contributed by atoms with Crippen molar-refractivity contribution in [2.24, 2.45) is 0 Å². The lowest BCUT2D eigenvalue weighted by molar-refractivity contribution is 0.812. The summed E-state index contributed by atoms with van der Waals surface area (Å²) in [5, 5.41) is 12.3. The van der Waals surface area contributed by atoms with Crippen molar-refractivity contribution in [3.63, 3.8) is 0 Å². The quantitative estimate of drug-likeness (QED) is 0.829. The van der Waals surface area contributed by atoms with E-state index < -0.39 is 0 Å². The Hall–Kier alpha value is -1.14. The Bertz CT molecular complexity index is 389. The fourth-order valence-corrected chi connectivity index (χ4v) is 2.87. The molecule has 1 aliphatic rings. The van der Waals surface area contributed by atoms with Gasteiger partial charge in [-0.05, 0) is 36.8 Å². The lowest BCUT2D eigenvalue weighted by atomic mass is 10.1. The molecule has 0 radical (unpaired) electrons. The highest BCUT2D eigenvalue weighted by atomic mass is 32.2. The molecular formula is C12H14N2S. The van der Waals surface area contributed by atoms with E-state index in [1.165, 1.54) is 23.5 Å². The van der Waals surface area contributed by atoms with Crippen molar-refractivity contribution in [3.8, 4) is 6.07 Å². The van der Waals surface area contributed by atoms with Gasteiger partial charge in [0.1, 0.15) is 0 Å². The van der Waals surface area contributed by atoms with Crippen LogP contribution in [0.1, 0.15) is 17.5 Å². The van der Waals surface area contributed by atoms with E-state index in [9.17, 15) is 0 Å². The molecule has 3 heteroatoms. The largest absolute Gasteiger partial charge is 0.381 e. The summed E-state index contributed by atoms with van der Waals surface area (Å²) >= 11 is 1.99. The van der Waals surface area contributed by atoms with Crippen molar-refractivity contribution in [1.82, 2.24) is 0 Å². The van der Waals surface area contributed by atoms with Gasteiger partial charge in [0.15, 0.2) is 0 Å². The van der Waals surface area contributed by atoms with Gasteiger partial charge < -0.3 is 5.32 Å². The first-order valence-corrected chi connectivity index (χ1v) is 6.30. The molecule has 1 aromatic rings. The van der Waals surface area contributed by atoms with Gasteiger partial charge in [-0.2, -0.15) is 17.0 Å². The maximum Gasteiger partial charge on any atom is 0.0992 e. The minimum Gasteiger partial charge on any atom is -0.381 e. The number of anilines is 1. The van der Waals surface area contributed by atoms with Crippen LogP contribution in [0.25, 0.3) is 0 Å². The fourth-order valence-electron chi connectivity index (χ4n) is 1.72. The number of thioether (sulfide) groups is 1. The molecule has 1 aromatic carbocycles. The van der Waals surface area contributed by atoms with E-state index in [0.717, 1.165) is 11.3 Å². The van der Waals surface area contributed by atoms with Gasteiger partial charge in [0.05, 0.1) is 11.6 Å². The maximum absolute atomic E-state index is 8.83. The van der Waals surface area contributed by atoms with Crippen LogP contribution in [0.15, 0.2) is 18.2 Å². The first-order chi connectivity index (χ1) is 7.29. The normalized spacial score (nSPS) is 19.9. The van der Waals surface area contributed by atoms with Gasteiger partial charge in [-0.15, -0.1) is 0 Å². The number of hydrogen-bond donors (Lipinski definition) is 1. The van der Waals surface area contributed by atoms with Crippen molar-refractivity contribution < 1.29 is 0 Å². The van der Waals surface area contributed by atoms with Crippen molar-refractivity contribution in [1.29, 1.82) is 5.26 Å². The van der Waals surface area contributed by atoms with Gasteiger partial charge in [-0.25, -0.2) is 0 Å². The minimum atomic E-state index is 0.572. The number of rotatable bonds is 2. The summed E-state index contributed by atoms with van der Waals surface area (Å²) in [4.78, 5) is 0. The molecule has 1 unspecified atom stereocenters. The van der Waals surface area contributed by atoms with Gasteiger partial charge in [0.25, 0.3) is 0 Å². The second-order valence-electron chi connectivity index (χ2n) is 3.85. The van der Waals surface area contributed by atoms with Crippen LogP contribution in [-0.2, 0) is 0 Å². The number of benzene rings is 1. The number of nitrogens with one attached hydrogen (secondary N) is 1. The summed E-state index contributed by atoms with van der Waals surface area (Å²) in [5.74, 6) is 2.42. The van der Waals surface area contributed by atoms with Crippen LogP contribution in [0, 0.1) is 18.3 Å². The molecule has 1 aliphatic heterocycles. The van der Waals surface area contributed by atoms with Crippen LogP contribution >= 0.6 is 11.8 Å². The van der Waals surface area contributed by atoms with Crippen LogP contribution < -0.4 is 5.32 Å². The zero-order valence-electron chi connectivity index (χ0n) is 8.79. The van der Waals surface area contributed by atoms with Gasteiger partial charge in [-0.3, -0.25) is 0 Å². The topological polar surface area (TPSA) is 35.8 Å². The number of aryl methyl sites for hydroxylation is 1. The van der Waals surface area contributed by atoms with E-state index >= 15 is 0 Å². The van der Waals surface area contributed by atoms with E-state index in [1.54, 1.807) is 0 Å². The summed E-state index contributed by atoms with van der Waals surface area (Å²) in [6.45, 7) is 2.07. The Morgan fingerprint density at radius 3 is 3.07 bits per heavy atom. The second kappa shape index (κ2) is 4.59. The highest BCUT2D eigenvalue weighted by Gasteiger charge is 2.15. The third-order valence-corrected chi connectivity index (χ3v) is 3.82. The van der Waals surface area contributed by atoms with Gasteiger partial charge >= 0.3 is 0 Å². The highest BCUT2D eigenvalue weighted by molar-refractivity contribution is 7.99. The number of nitriles is 1. The molecular weight excluding hydrogens is 204 g/mol. The molecule has 2 rings (SSSR count). The van der Waals surface area contributed by atoms with E-state index in [0.29, 0.717) is 6.04 Å². The van der Waals surface area contributed by atoms with Crippen molar-refractivity contribution in [3.05, 3.63) is 29.3 Å². The Morgan fingerprint density at radius 2 is 2.40 bits per heavy atom. The third kappa shape index (κ3) is 2.45. The zero-order chi connectivity index (χ0) is 10.7. The maximum atomic E-state index is 8.83. The van der Waals surface area contributed by atoms with E-state index in [2.05, 4.69) is 18.3 Å². The molecule has 1 atom stereocenters. The molecule has 1 N–H and O–H groups in total. The number of hydrogen-bond acceptors (Lipinski definition) is 3. The second-order valence-corrected chi connectivity index (χ2v) is 5.00. The highest BCUT2D eigenvalue weighted by Crippen LogP contribution is 2.23. The fraction of sp³-hybridized carbons (Fsp3) is 0.417. The average Bonchev–Trinajstić information content (AvgIpc) is 2.74.